The second-order valence-electron chi connectivity index (χ2n) is 7.24. The molecule has 9 heteroatoms. The number of rotatable bonds is 5. The summed E-state index contributed by atoms with van der Waals surface area (Å²) in [7, 11) is 1.33. The minimum absolute atomic E-state index is 0.0711. The molecule has 1 amide bonds. The highest BCUT2D eigenvalue weighted by molar-refractivity contribution is 6.33. The van der Waals surface area contributed by atoms with Gasteiger partial charge in [0.15, 0.2) is 11.3 Å². The van der Waals surface area contributed by atoms with E-state index in [0.717, 1.165) is 17.2 Å². The van der Waals surface area contributed by atoms with Gasteiger partial charge in [0, 0.05) is 17.3 Å². The molecule has 1 aromatic heterocycles. The highest BCUT2D eigenvalue weighted by Crippen LogP contribution is 2.34. The van der Waals surface area contributed by atoms with Crippen LogP contribution in [0.5, 0.6) is 5.75 Å². The molecule has 0 aliphatic heterocycles. The van der Waals surface area contributed by atoms with Crippen LogP contribution in [0.2, 0.25) is 5.02 Å². The van der Waals surface area contributed by atoms with Crippen molar-refractivity contribution in [2.75, 3.05) is 12.4 Å². The normalized spacial score (nSPS) is 10.9. The van der Waals surface area contributed by atoms with Crippen LogP contribution < -0.4 is 10.1 Å². The molecule has 0 unspecified atom stereocenters. The summed E-state index contributed by atoms with van der Waals surface area (Å²) < 4.78 is 10.9. The van der Waals surface area contributed by atoms with Crippen LogP contribution in [-0.2, 0) is 0 Å². The van der Waals surface area contributed by atoms with Gasteiger partial charge in [-0.3, -0.25) is 14.9 Å². The molecule has 32 heavy (non-hydrogen) atoms. The molecule has 1 heterocycles. The first kappa shape index (κ1) is 21.3. The predicted molar refractivity (Wildman–Crippen MR) is 122 cm³/mol. The Morgan fingerprint density at radius 2 is 1.94 bits per heavy atom. The molecule has 4 rings (SSSR count). The second kappa shape index (κ2) is 8.32. The van der Waals surface area contributed by atoms with Crippen LogP contribution in [0.25, 0.3) is 22.6 Å². The summed E-state index contributed by atoms with van der Waals surface area (Å²) >= 11 is 6.37. The maximum Gasteiger partial charge on any atom is 0.311 e. The SMILES string of the molecule is COc1ccc(C(=O)Nc2ccc(Cl)c(-c3nc4cc(C)cc(C)c4o3)c2)cc1[N+](=O)[O-]. The lowest BCUT2D eigenvalue weighted by atomic mass is 10.1. The average molecular weight is 452 g/mol. The fourth-order valence-corrected chi connectivity index (χ4v) is 3.63. The Hall–Kier alpha value is -3.91. The van der Waals surface area contributed by atoms with Crippen molar-refractivity contribution in [2.24, 2.45) is 0 Å². The van der Waals surface area contributed by atoms with E-state index >= 15 is 0 Å². The molecule has 0 saturated heterocycles. The number of aryl methyl sites for hydroxylation is 2. The van der Waals surface area contributed by atoms with Gasteiger partial charge < -0.3 is 14.5 Å². The molecule has 162 valence electrons. The van der Waals surface area contributed by atoms with E-state index in [2.05, 4.69) is 10.3 Å². The van der Waals surface area contributed by atoms with E-state index in [1.165, 1.54) is 19.2 Å². The number of carbonyl (C=O) groups is 1. The van der Waals surface area contributed by atoms with E-state index in [0.29, 0.717) is 33.3 Å². The van der Waals surface area contributed by atoms with E-state index in [4.69, 9.17) is 20.8 Å². The molecule has 0 bridgehead atoms. The number of halogens is 1. The number of carbonyl (C=O) groups excluding carboxylic acids is 1. The highest BCUT2D eigenvalue weighted by atomic mass is 35.5. The number of aromatic nitrogens is 1. The van der Waals surface area contributed by atoms with Crippen molar-refractivity contribution in [3.63, 3.8) is 0 Å². The molecular formula is C23H18ClN3O5. The minimum atomic E-state index is -0.604. The number of methoxy groups -OCH3 is 1. The maximum absolute atomic E-state index is 12.7. The first-order valence-corrected chi connectivity index (χ1v) is 9.96. The van der Waals surface area contributed by atoms with Crippen molar-refractivity contribution in [1.29, 1.82) is 0 Å². The van der Waals surface area contributed by atoms with Crippen LogP contribution in [0.15, 0.2) is 52.9 Å². The van der Waals surface area contributed by atoms with Crippen LogP contribution in [-0.4, -0.2) is 22.9 Å². The molecule has 4 aromatic rings. The lowest BCUT2D eigenvalue weighted by Crippen LogP contribution is -2.12. The van der Waals surface area contributed by atoms with Gasteiger partial charge in [0.1, 0.15) is 5.52 Å². The number of nitro benzene ring substituents is 1. The molecule has 0 aliphatic carbocycles. The lowest BCUT2D eigenvalue weighted by molar-refractivity contribution is -0.385. The van der Waals surface area contributed by atoms with Crippen LogP contribution in [0, 0.1) is 24.0 Å². The Morgan fingerprint density at radius 3 is 2.66 bits per heavy atom. The summed E-state index contributed by atoms with van der Waals surface area (Å²) in [5, 5.41) is 14.4. The number of hydrogen-bond acceptors (Lipinski definition) is 6. The molecule has 0 radical (unpaired) electrons. The summed E-state index contributed by atoms with van der Waals surface area (Å²) in [4.78, 5) is 27.9. The first-order chi connectivity index (χ1) is 15.3. The minimum Gasteiger partial charge on any atom is -0.490 e. The van der Waals surface area contributed by atoms with E-state index in [9.17, 15) is 14.9 Å². The van der Waals surface area contributed by atoms with Crippen LogP contribution in [0.3, 0.4) is 0 Å². The summed E-state index contributed by atoms with van der Waals surface area (Å²) in [6.45, 7) is 3.92. The highest BCUT2D eigenvalue weighted by Gasteiger charge is 2.19. The number of fused-ring (bicyclic) bond motifs is 1. The number of oxazole rings is 1. The Bertz CT molecular complexity index is 1380. The standard InChI is InChI=1S/C23H18ClN3O5/c1-12-8-13(2)21-18(9-12)26-23(32-21)16-11-15(5-6-17(16)24)25-22(28)14-4-7-20(31-3)19(10-14)27(29)30/h4-11H,1-3H3,(H,25,28). The second-order valence-corrected chi connectivity index (χ2v) is 7.65. The van der Waals surface area contributed by atoms with E-state index in [1.807, 2.05) is 26.0 Å². The molecule has 0 aliphatic rings. The number of nitro groups is 1. The zero-order valence-corrected chi connectivity index (χ0v) is 18.2. The molecular weight excluding hydrogens is 434 g/mol. The van der Waals surface area contributed by atoms with Gasteiger partial charge in [0.05, 0.1) is 22.6 Å². The quantitative estimate of drug-likeness (QED) is 0.297. The summed E-state index contributed by atoms with van der Waals surface area (Å²) in [5.74, 6) is -0.121. The lowest BCUT2D eigenvalue weighted by Gasteiger charge is -2.08. The van der Waals surface area contributed by atoms with Gasteiger partial charge in [-0.05, 0) is 61.4 Å². The van der Waals surface area contributed by atoms with Crippen molar-refractivity contribution in [3.8, 4) is 17.2 Å². The Kier molecular flexibility index (Phi) is 5.54. The predicted octanol–water partition coefficient (Wildman–Crippen LogP) is 5.93. The number of amides is 1. The largest absolute Gasteiger partial charge is 0.490 e. The number of benzene rings is 3. The molecule has 0 spiro atoms. The first-order valence-electron chi connectivity index (χ1n) is 9.58. The van der Waals surface area contributed by atoms with Crippen molar-refractivity contribution in [3.05, 3.63) is 80.4 Å². The van der Waals surface area contributed by atoms with Crippen LogP contribution >= 0.6 is 11.6 Å². The number of ether oxygens (including phenoxy) is 1. The van der Waals surface area contributed by atoms with Gasteiger partial charge in [-0.1, -0.05) is 17.7 Å². The topological polar surface area (TPSA) is 108 Å². The number of anilines is 1. The summed E-state index contributed by atoms with van der Waals surface area (Å²) in [6.07, 6.45) is 0. The molecule has 8 nitrogen and oxygen atoms in total. The molecule has 0 atom stereocenters. The van der Waals surface area contributed by atoms with Crippen molar-refractivity contribution >= 4 is 40.0 Å². The Morgan fingerprint density at radius 1 is 1.16 bits per heavy atom. The smallest absolute Gasteiger partial charge is 0.311 e. The number of hydrogen-bond donors (Lipinski definition) is 1. The third kappa shape index (κ3) is 4.00. The Balaban J connectivity index is 1.66. The van der Waals surface area contributed by atoms with Gasteiger partial charge in [0.2, 0.25) is 5.89 Å². The van der Waals surface area contributed by atoms with E-state index in [1.54, 1.807) is 18.2 Å². The summed E-state index contributed by atoms with van der Waals surface area (Å²) in [6, 6.07) is 12.8. The number of nitrogens with one attached hydrogen (secondary N) is 1. The molecule has 1 N–H and O–H groups in total. The van der Waals surface area contributed by atoms with Gasteiger partial charge >= 0.3 is 5.69 Å². The van der Waals surface area contributed by atoms with Crippen LogP contribution in [0.1, 0.15) is 21.5 Å². The maximum atomic E-state index is 12.7. The van der Waals surface area contributed by atoms with Gasteiger partial charge in [-0.2, -0.15) is 0 Å². The van der Waals surface area contributed by atoms with E-state index < -0.39 is 10.8 Å². The average Bonchev–Trinajstić information content (AvgIpc) is 3.18. The zero-order chi connectivity index (χ0) is 23.0. The van der Waals surface area contributed by atoms with Crippen molar-refractivity contribution in [2.45, 2.75) is 13.8 Å². The molecule has 0 saturated carbocycles. The third-order valence-electron chi connectivity index (χ3n) is 4.91. The monoisotopic (exact) mass is 451 g/mol. The van der Waals surface area contributed by atoms with Gasteiger partial charge in [-0.25, -0.2) is 4.98 Å². The fraction of sp³-hybridized carbons (Fsp3) is 0.130. The summed E-state index contributed by atoms with van der Waals surface area (Å²) in [5.41, 5.74) is 4.17. The van der Waals surface area contributed by atoms with Crippen molar-refractivity contribution in [1.82, 2.24) is 4.98 Å². The fourth-order valence-electron chi connectivity index (χ4n) is 3.44. The third-order valence-corrected chi connectivity index (χ3v) is 5.24. The Labute approximate surface area is 187 Å². The number of nitrogens with zero attached hydrogens (tertiary/aromatic N) is 2. The van der Waals surface area contributed by atoms with E-state index in [-0.39, 0.29) is 17.0 Å². The molecule has 0 fully saturated rings. The van der Waals surface area contributed by atoms with Crippen molar-refractivity contribution < 1.29 is 18.9 Å². The zero-order valence-electron chi connectivity index (χ0n) is 17.4. The molecule has 3 aromatic carbocycles. The van der Waals surface area contributed by atoms with Gasteiger partial charge in [-0.15, -0.1) is 0 Å². The van der Waals surface area contributed by atoms with Crippen LogP contribution in [0.4, 0.5) is 11.4 Å². The van der Waals surface area contributed by atoms with Gasteiger partial charge in [0.25, 0.3) is 5.91 Å².